The van der Waals surface area contributed by atoms with Crippen molar-refractivity contribution in [3.05, 3.63) is 29.8 Å². The molecule has 2 atom stereocenters. The van der Waals surface area contributed by atoms with Crippen LogP contribution in [0.25, 0.3) is 0 Å². The molecule has 1 saturated heterocycles. The fourth-order valence-corrected chi connectivity index (χ4v) is 2.43. The number of β-amino-alcohol motifs (C(OH)–C–C–N with tert-alkyl or cyclic N) is 1. The van der Waals surface area contributed by atoms with E-state index in [1.54, 1.807) is 4.90 Å². The standard InChI is InChI=1S/C16H24N2O3/c1-12-6-3-4-8-15(12)21-13(2)10-17-16(20)18-9-5-7-14(19)11-18/h3-4,6,8,13-14,19H,5,7,9-11H2,1-2H3,(H,17,20). The third kappa shape index (κ3) is 4.63. The highest BCUT2D eigenvalue weighted by molar-refractivity contribution is 5.74. The Morgan fingerprint density at radius 2 is 2.29 bits per heavy atom. The molecular formula is C16H24N2O3. The van der Waals surface area contributed by atoms with E-state index in [1.165, 1.54) is 0 Å². The van der Waals surface area contributed by atoms with E-state index in [2.05, 4.69) is 5.32 Å². The number of carbonyl (C=O) groups is 1. The van der Waals surface area contributed by atoms with Crippen LogP contribution in [0.1, 0.15) is 25.3 Å². The average Bonchev–Trinajstić information content (AvgIpc) is 2.47. The Balaban J connectivity index is 1.77. The molecule has 2 amide bonds. The lowest BCUT2D eigenvalue weighted by molar-refractivity contribution is 0.0832. The van der Waals surface area contributed by atoms with Gasteiger partial charge in [-0.15, -0.1) is 0 Å². The van der Waals surface area contributed by atoms with Crippen molar-refractivity contribution in [3.63, 3.8) is 0 Å². The average molecular weight is 292 g/mol. The summed E-state index contributed by atoms with van der Waals surface area (Å²) in [5, 5.41) is 12.4. The second kappa shape index (κ2) is 7.31. The zero-order valence-electron chi connectivity index (χ0n) is 12.7. The molecule has 0 bridgehead atoms. The van der Waals surface area contributed by atoms with E-state index in [4.69, 9.17) is 4.74 Å². The number of hydrogen-bond donors (Lipinski definition) is 2. The molecule has 1 aromatic carbocycles. The molecule has 1 aliphatic heterocycles. The van der Waals surface area contributed by atoms with Gasteiger partial charge in [-0.3, -0.25) is 0 Å². The summed E-state index contributed by atoms with van der Waals surface area (Å²) in [6.07, 6.45) is 1.12. The Morgan fingerprint density at radius 1 is 1.52 bits per heavy atom. The summed E-state index contributed by atoms with van der Waals surface area (Å²) in [5.41, 5.74) is 1.08. The molecule has 0 radical (unpaired) electrons. The number of para-hydroxylation sites is 1. The van der Waals surface area contributed by atoms with Crippen molar-refractivity contribution in [1.29, 1.82) is 0 Å². The molecule has 0 spiro atoms. The maximum Gasteiger partial charge on any atom is 0.317 e. The van der Waals surface area contributed by atoms with E-state index >= 15 is 0 Å². The number of aliphatic hydroxyl groups is 1. The summed E-state index contributed by atoms with van der Waals surface area (Å²) >= 11 is 0. The van der Waals surface area contributed by atoms with Gasteiger partial charge in [0.15, 0.2) is 0 Å². The first-order valence-electron chi connectivity index (χ1n) is 7.49. The molecule has 2 unspecified atom stereocenters. The summed E-state index contributed by atoms with van der Waals surface area (Å²) in [6, 6.07) is 7.69. The Kier molecular flexibility index (Phi) is 5.44. The molecule has 0 aliphatic carbocycles. The molecule has 1 aliphatic rings. The number of aryl methyl sites for hydroxylation is 1. The quantitative estimate of drug-likeness (QED) is 0.891. The largest absolute Gasteiger partial charge is 0.489 e. The number of carbonyl (C=O) groups excluding carboxylic acids is 1. The monoisotopic (exact) mass is 292 g/mol. The maximum absolute atomic E-state index is 12.0. The topological polar surface area (TPSA) is 61.8 Å². The molecule has 0 aromatic heterocycles. The van der Waals surface area contributed by atoms with Crippen LogP contribution in [0.5, 0.6) is 5.75 Å². The molecule has 5 heteroatoms. The number of ether oxygens (including phenoxy) is 1. The molecule has 0 saturated carbocycles. The van der Waals surface area contributed by atoms with Gasteiger partial charge in [-0.1, -0.05) is 18.2 Å². The van der Waals surface area contributed by atoms with Gasteiger partial charge >= 0.3 is 6.03 Å². The van der Waals surface area contributed by atoms with Gasteiger partial charge in [0, 0.05) is 13.1 Å². The number of urea groups is 1. The van der Waals surface area contributed by atoms with E-state index in [1.807, 2.05) is 38.1 Å². The van der Waals surface area contributed by atoms with E-state index < -0.39 is 6.10 Å². The van der Waals surface area contributed by atoms with Crippen LogP contribution in [0.3, 0.4) is 0 Å². The first kappa shape index (κ1) is 15.6. The molecule has 2 N–H and O–H groups in total. The van der Waals surface area contributed by atoms with Crippen molar-refractivity contribution in [2.24, 2.45) is 0 Å². The minimum absolute atomic E-state index is 0.107. The molecule has 1 aromatic rings. The number of likely N-dealkylation sites (tertiary alicyclic amines) is 1. The zero-order valence-corrected chi connectivity index (χ0v) is 12.7. The molecule has 1 fully saturated rings. The summed E-state index contributed by atoms with van der Waals surface area (Å²) in [7, 11) is 0. The van der Waals surface area contributed by atoms with Crippen LogP contribution in [0.2, 0.25) is 0 Å². The zero-order chi connectivity index (χ0) is 15.2. The van der Waals surface area contributed by atoms with E-state index in [-0.39, 0.29) is 12.1 Å². The minimum Gasteiger partial charge on any atom is -0.489 e. The number of amides is 2. The summed E-state index contributed by atoms with van der Waals surface area (Å²) in [6.45, 7) is 5.49. The predicted octanol–water partition coefficient (Wildman–Crippen LogP) is 1.93. The van der Waals surface area contributed by atoms with Crippen molar-refractivity contribution in [1.82, 2.24) is 10.2 Å². The smallest absolute Gasteiger partial charge is 0.317 e. The lowest BCUT2D eigenvalue weighted by Crippen LogP contribution is -2.48. The van der Waals surface area contributed by atoms with E-state index in [0.29, 0.717) is 19.6 Å². The number of rotatable bonds is 4. The van der Waals surface area contributed by atoms with Gasteiger partial charge < -0.3 is 20.1 Å². The van der Waals surface area contributed by atoms with E-state index in [0.717, 1.165) is 24.2 Å². The fraction of sp³-hybridized carbons (Fsp3) is 0.562. The first-order valence-corrected chi connectivity index (χ1v) is 7.49. The lowest BCUT2D eigenvalue weighted by atomic mass is 10.1. The van der Waals surface area contributed by atoms with Gasteiger partial charge in [0.1, 0.15) is 11.9 Å². The number of benzene rings is 1. The van der Waals surface area contributed by atoms with Crippen LogP contribution >= 0.6 is 0 Å². The minimum atomic E-state index is -0.398. The number of piperidine rings is 1. The molecule has 21 heavy (non-hydrogen) atoms. The predicted molar refractivity (Wildman–Crippen MR) is 81.5 cm³/mol. The molecular weight excluding hydrogens is 268 g/mol. The van der Waals surface area contributed by atoms with Crippen molar-refractivity contribution in [2.75, 3.05) is 19.6 Å². The van der Waals surface area contributed by atoms with Crippen LogP contribution in [0.4, 0.5) is 4.79 Å². The summed E-state index contributed by atoms with van der Waals surface area (Å²) < 4.78 is 5.82. The van der Waals surface area contributed by atoms with Gasteiger partial charge in [-0.25, -0.2) is 4.79 Å². The molecule has 116 valence electrons. The molecule has 5 nitrogen and oxygen atoms in total. The number of nitrogens with zero attached hydrogens (tertiary/aromatic N) is 1. The van der Waals surface area contributed by atoms with Crippen LogP contribution in [-0.2, 0) is 0 Å². The first-order chi connectivity index (χ1) is 10.1. The third-order valence-electron chi connectivity index (χ3n) is 3.65. The Labute approximate surface area is 125 Å². The highest BCUT2D eigenvalue weighted by atomic mass is 16.5. The number of nitrogens with one attached hydrogen (secondary N) is 1. The van der Waals surface area contributed by atoms with Crippen molar-refractivity contribution in [3.8, 4) is 5.75 Å². The SMILES string of the molecule is Cc1ccccc1OC(C)CNC(=O)N1CCCC(O)C1. The normalized spacial score (nSPS) is 20.0. The van der Waals surface area contributed by atoms with E-state index in [9.17, 15) is 9.90 Å². The maximum atomic E-state index is 12.0. The molecule has 1 heterocycles. The van der Waals surface area contributed by atoms with Crippen LogP contribution in [-0.4, -0.2) is 47.9 Å². The van der Waals surface area contributed by atoms with Gasteiger partial charge in [-0.05, 0) is 38.3 Å². The summed E-state index contributed by atoms with van der Waals surface area (Å²) in [4.78, 5) is 13.7. The van der Waals surface area contributed by atoms with Crippen LogP contribution in [0.15, 0.2) is 24.3 Å². The Hall–Kier alpha value is -1.75. The second-order valence-electron chi connectivity index (χ2n) is 5.62. The lowest BCUT2D eigenvalue weighted by Gasteiger charge is -2.30. The number of aliphatic hydroxyl groups excluding tert-OH is 1. The van der Waals surface area contributed by atoms with Gasteiger partial charge in [0.2, 0.25) is 0 Å². The van der Waals surface area contributed by atoms with Crippen LogP contribution < -0.4 is 10.1 Å². The highest BCUT2D eigenvalue weighted by Crippen LogP contribution is 2.17. The Bertz CT molecular complexity index is 478. The molecule has 2 rings (SSSR count). The van der Waals surface area contributed by atoms with Gasteiger partial charge in [0.25, 0.3) is 0 Å². The van der Waals surface area contributed by atoms with Crippen molar-refractivity contribution in [2.45, 2.75) is 38.9 Å². The van der Waals surface area contributed by atoms with Gasteiger partial charge in [-0.2, -0.15) is 0 Å². The Morgan fingerprint density at radius 3 is 3.00 bits per heavy atom. The second-order valence-corrected chi connectivity index (χ2v) is 5.62. The van der Waals surface area contributed by atoms with Crippen molar-refractivity contribution < 1.29 is 14.6 Å². The fourth-order valence-electron chi connectivity index (χ4n) is 2.43. The highest BCUT2D eigenvalue weighted by Gasteiger charge is 2.22. The van der Waals surface area contributed by atoms with Gasteiger partial charge in [0.05, 0.1) is 12.6 Å². The van der Waals surface area contributed by atoms with Crippen molar-refractivity contribution >= 4 is 6.03 Å². The summed E-state index contributed by atoms with van der Waals surface area (Å²) in [5.74, 6) is 0.840. The third-order valence-corrected chi connectivity index (χ3v) is 3.65. The van der Waals surface area contributed by atoms with Crippen LogP contribution in [0, 0.1) is 6.92 Å². The number of hydrogen-bond acceptors (Lipinski definition) is 3.